The van der Waals surface area contributed by atoms with E-state index in [-0.39, 0.29) is 16.6 Å². The van der Waals surface area contributed by atoms with Crippen LogP contribution < -0.4 is 4.90 Å². The van der Waals surface area contributed by atoms with E-state index in [4.69, 9.17) is 9.16 Å². The Bertz CT molecular complexity index is 776. The number of ether oxygens (including phenoxy) is 1. The summed E-state index contributed by atoms with van der Waals surface area (Å²) in [6, 6.07) is 4.87. The lowest BCUT2D eigenvalue weighted by molar-refractivity contribution is 0.0546. The van der Waals surface area contributed by atoms with Crippen LogP contribution in [0.3, 0.4) is 0 Å². The largest absolute Gasteiger partial charge is 0.478 e. The number of aryl methyl sites for hydroxylation is 1. The molecule has 1 aliphatic rings. The molecular weight excluding hydrogens is 386 g/mol. The second-order valence-electron chi connectivity index (χ2n) is 10.2. The van der Waals surface area contributed by atoms with Gasteiger partial charge in [0.1, 0.15) is 5.60 Å². The molecule has 7 heteroatoms. The summed E-state index contributed by atoms with van der Waals surface area (Å²) in [6.45, 7) is 16.6. The van der Waals surface area contributed by atoms with Crippen LogP contribution in [0.25, 0.3) is 0 Å². The summed E-state index contributed by atoms with van der Waals surface area (Å²) in [4.78, 5) is 26.5. The Morgan fingerprint density at radius 1 is 1.17 bits per heavy atom. The third-order valence-electron chi connectivity index (χ3n) is 5.74. The maximum Gasteiger partial charge on any atom is 0.415 e. The molecule has 0 saturated carbocycles. The summed E-state index contributed by atoms with van der Waals surface area (Å²) in [7, 11) is -2.02. The van der Waals surface area contributed by atoms with Crippen molar-refractivity contribution in [3.63, 3.8) is 0 Å². The van der Waals surface area contributed by atoms with Crippen molar-refractivity contribution in [1.82, 2.24) is 0 Å². The van der Waals surface area contributed by atoms with Gasteiger partial charge in [-0.05, 0) is 63.4 Å². The van der Waals surface area contributed by atoms with E-state index in [9.17, 15) is 14.7 Å². The van der Waals surface area contributed by atoms with Crippen LogP contribution >= 0.6 is 0 Å². The van der Waals surface area contributed by atoms with Gasteiger partial charge in [0.05, 0.1) is 23.9 Å². The molecule has 0 aliphatic carbocycles. The standard InChI is InChI=1S/C22H35NO5Si/c1-21(2,3)28-20(26)23-16(14-27-29(7,8)22(4,5)6)13-12-15-10-9-11-17(18(15)23)19(24)25/h9-11,16H,12-14H2,1-8H3,(H,24,25). The number of carbonyl (C=O) groups is 2. The topological polar surface area (TPSA) is 76.1 Å². The maximum absolute atomic E-state index is 13.1. The quantitative estimate of drug-likeness (QED) is 0.653. The molecule has 0 bridgehead atoms. The molecule has 1 aromatic rings. The Hall–Kier alpha value is -1.86. The predicted octanol–water partition coefficient (Wildman–Crippen LogP) is 5.46. The third kappa shape index (κ3) is 5.39. The molecule has 6 nitrogen and oxygen atoms in total. The van der Waals surface area contributed by atoms with Crippen LogP contribution in [0.5, 0.6) is 0 Å². The number of carbonyl (C=O) groups excluding carboxylic acids is 1. The van der Waals surface area contributed by atoms with E-state index < -0.39 is 26.0 Å². The first-order valence-electron chi connectivity index (χ1n) is 10.2. The molecule has 1 unspecified atom stereocenters. The third-order valence-corrected chi connectivity index (χ3v) is 10.2. The minimum atomic E-state index is -2.02. The number of carboxylic acid groups (broad SMARTS) is 1. The van der Waals surface area contributed by atoms with E-state index in [1.165, 1.54) is 11.0 Å². The highest BCUT2D eigenvalue weighted by Gasteiger charge is 2.41. The molecular formula is C22H35NO5Si. The minimum Gasteiger partial charge on any atom is -0.478 e. The molecule has 1 aromatic carbocycles. The van der Waals surface area contributed by atoms with Crippen molar-refractivity contribution in [3.8, 4) is 0 Å². The lowest BCUT2D eigenvalue weighted by Crippen LogP contribution is -2.51. The zero-order chi connectivity index (χ0) is 22.2. The van der Waals surface area contributed by atoms with Crippen LogP contribution in [-0.2, 0) is 15.6 Å². The molecule has 29 heavy (non-hydrogen) atoms. The van der Waals surface area contributed by atoms with Gasteiger partial charge in [0, 0.05) is 0 Å². The van der Waals surface area contributed by atoms with Crippen LogP contribution in [0, 0.1) is 0 Å². The normalized spacial score (nSPS) is 17.7. The van der Waals surface area contributed by atoms with Gasteiger partial charge in [-0.15, -0.1) is 0 Å². The van der Waals surface area contributed by atoms with Crippen molar-refractivity contribution in [3.05, 3.63) is 29.3 Å². The van der Waals surface area contributed by atoms with E-state index in [0.29, 0.717) is 25.1 Å². The first-order chi connectivity index (χ1) is 13.1. The lowest BCUT2D eigenvalue weighted by Gasteiger charge is -2.42. The smallest absolute Gasteiger partial charge is 0.415 e. The van der Waals surface area contributed by atoms with Crippen LogP contribution in [0.2, 0.25) is 18.1 Å². The van der Waals surface area contributed by atoms with Gasteiger partial charge in [-0.2, -0.15) is 0 Å². The fourth-order valence-electron chi connectivity index (χ4n) is 3.11. The van der Waals surface area contributed by atoms with Gasteiger partial charge in [-0.1, -0.05) is 32.9 Å². The molecule has 1 N–H and O–H groups in total. The van der Waals surface area contributed by atoms with Gasteiger partial charge in [0.2, 0.25) is 0 Å². The summed E-state index contributed by atoms with van der Waals surface area (Å²) in [5.74, 6) is -1.05. The number of benzene rings is 1. The van der Waals surface area contributed by atoms with Gasteiger partial charge in [-0.25, -0.2) is 9.59 Å². The Labute approximate surface area is 175 Å². The molecule has 1 atom stereocenters. The van der Waals surface area contributed by atoms with Crippen molar-refractivity contribution in [2.45, 2.75) is 84.2 Å². The molecule has 0 saturated heterocycles. The Morgan fingerprint density at radius 3 is 2.31 bits per heavy atom. The zero-order valence-electron chi connectivity index (χ0n) is 19.0. The van der Waals surface area contributed by atoms with E-state index >= 15 is 0 Å². The molecule has 1 heterocycles. The predicted molar refractivity (Wildman–Crippen MR) is 117 cm³/mol. The lowest BCUT2D eigenvalue weighted by atomic mass is 9.93. The summed E-state index contributed by atoms with van der Waals surface area (Å²) in [5, 5.41) is 9.77. The molecule has 1 amide bonds. The monoisotopic (exact) mass is 421 g/mol. The van der Waals surface area contributed by atoms with Gasteiger partial charge in [-0.3, -0.25) is 4.90 Å². The number of amides is 1. The van der Waals surface area contributed by atoms with Crippen molar-refractivity contribution in [1.29, 1.82) is 0 Å². The molecule has 0 radical (unpaired) electrons. The average Bonchev–Trinajstić information content (AvgIpc) is 2.56. The van der Waals surface area contributed by atoms with Gasteiger partial charge >= 0.3 is 12.1 Å². The molecule has 0 fully saturated rings. The fraction of sp³-hybridized carbons (Fsp3) is 0.636. The summed E-state index contributed by atoms with van der Waals surface area (Å²) < 4.78 is 12.0. The highest BCUT2D eigenvalue weighted by Crippen LogP contribution is 2.39. The van der Waals surface area contributed by atoms with Crippen LogP contribution in [-0.4, -0.2) is 43.7 Å². The number of carboxylic acids is 1. The Kier molecular flexibility index (Phi) is 6.55. The molecule has 162 valence electrons. The number of fused-ring (bicyclic) bond motifs is 1. The first-order valence-corrected chi connectivity index (χ1v) is 13.1. The zero-order valence-corrected chi connectivity index (χ0v) is 20.0. The van der Waals surface area contributed by atoms with Crippen molar-refractivity contribution in [2.24, 2.45) is 0 Å². The highest BCUT2D eigenvalue weighted by atomic mass is 28.4. The van der Waals surface area contributed by atoms with Gasteiger partial charge in [0.15, 0.2) is 8.32 Å². The summed E-state index contributed by atoms with van der Waals surface area (Å²) >= 11 is 0. The number of rotatable bonds is 4. The number of nitrogens with zero attached hydrogens (tertiary/aromatic N) is 1. The number of hydrogen-bond acceptors (Lipinski definition) is 4. The van der Waals surface area contributed by atoms with Crippen LogP contribution in [0.15, 0.2) is 18.2 Å². The fourth-order valence-corrected chi connectivity index (χ4v) is 4.16. The first kappa shape index (κ1) is 23.4. The van der Waals surface area contributed by atoms with E-state index in [1.54, 1.807) is 26.8 Å². The van der Waals surface area contributed by atoms with Gasteiger partial charge < -0.3 is 14.3 Å². The molecule has 1 aliphatic heterocycles. The van der Waals surface area contributed by atoms with Crippen LogP contribution in [0.1, 0.15) is 63.9 Å². The molecule has 0 aromatic heterocycles. The van der Waals surface area contributed by atoms with Crippen molar-refractivity contribution in [2.75, 3.05) is 11.5 Å². The summed E-state index contributed by atoms with van der Waals surface area (Å²) in [5.41, 5.74) is 0.714. The summed E-state index contributed by atoms with van der Waals surface area (Å²) in [6.07, 6.45) is 0.863. The molecule has 0 spiro atoms. The van der Waals surface area contributed by atoms with E-state index in [1.807, 2.05) is 6.07 Å². The second-order valence-corrected chi connectivity index (χ2v) is 15.0. The SMILES string of the molecule is CC(C)(C)OC(=O)N1c2c(cccc2C(=O)O)CCC1CO[Si](C)(C)C(C)(C)C. The average molecular weight is 422 g/mol. The number of anilines is 1. The van der Waals surface area contributed by atoms with Crippen molar-refractivity contribution >= 4 is 26.1 Å². The van der Waals surface area contributed by atoms with Crippen LogP contribution in [0.4, 0.5) is 10.5 Å². The minimum absolute atomic E-state index is 0.0442. The number of hydrogen-bond donors (Lipinski definition) is 1. The van der Waals surface area contributed by atoms with Crippen molar-refractivity contribution < 1.29 is 23.9 Å². The Balaban J connectivity index is 2.44. The highest BCUT2D eigenvalue weighted by molar-refractivity contribution is 6.74. The Morgan fingerprint density at radius 2 is 1.79 bits per heavy atom. The maximum atomic E-state index is 13.1. The van der Waals surface area contributed by atoms with Gasteiger partial charge in [0.25, 0.3) is 0 Å². The number of para-hydroxylation sites is 1. The molecule has 2 rings (SSSR count). The van der Waals surface area contributed by atoms with E-state index in [2.05, 4.69) is 33.9 Å². The second kappa shape index (κ2) is 8.11. The number of aromatic carboxylic acids is 1. The van der Waals surface area contributed by atoms with E-state index in [0.717, 1.165) is 5.56 Å².